The highest BCUT2D eigenvalue weighted by Crippen LogP contribution is 2.15. The molecule has 0 unspecified atom stereocenters. The van der Waals surface area contributed by atoms with E-state index in [0.29, 0.717) is 23.7 Å². The molecule has 1 N–H and O–H groups in total. The number of ether oxygens (including phenoxy) is 1. The van der Waals surface area contributed by atoms with E-state index in [2.05, 4.69) is 5.32 Å². The number of carbonyl (C=O) groups excluding carboxylic acids is 1. The summed E-state index contributed by atoms with van der Waals surface area (Å²) < 4.78 is 5.46. The van der Waals surface area contributed by atoms with Gasteiger partial charge in [0.05, 0.1) is 6.54 Å². The van der Waals surface area contributed by atoms with Gasteiger partial charge in [-0.3, -0.25) is 4.79 Å². The third kappa shape index (κ3) is 3.75. The Bertz CT molecular complexity index is 496. The Morgan fingerprint density at radius 3 is 2.72 bits per heavy atom. The van der Waals surface area contributed by atoms with Gasteiger partial charge in [-0.15, -0.1) is 0 Å². The number of halogens is 1. The van der Waals surface area contributed by atoms with Crippen molar-refractivity contribution in [2.45, 2.75) is 0 Å². The first-order chi connectivity index (χ1) is 8.75. The van der Waals surface area contributed by atoms with Crippen LogP contribution in [0.3, 0.4) is 0 Å². The number of thiophene rings is 1. The number of hydrogen-bond acceptors (Lipinski definition) is 3. The molecular weight excluding hydrogens is 270 g/mol. The predicted octanol–water partition coefficient (Wildman–Crippen LogP) is 3.21. The standard InChI is InChI=1S/C13H12ClNO2S/c14-11-1-3-12(4-2-11)17-7-6-15-13(16)10-5-8-18-9-10/h1-5,8-9H,6-7H2,(H,15,16). The topological polar surface area (TPSA) is 38.3 Å². The molecule has 0 spiro atoms. The van der Waals surface area contributed by atoms with Crippen LogP contribution >= 0.6 is 22.9 Å². The van der Waals surface area contributed by atoms with Crippen LogP contribution in [0.15, 0.2) is 41.1 Å². The van der Waals surface area contributed by atoms with Crippen LogP contribution in [0.25, 0.3) is 0 Å². The fourth-order valence-corrected chi connectivity index (χ4v) is 2.12. The van der Waals surface area contributed by atoms with Gasteiger partial charge in [-0.25, -0.2) is 0 Å². The van der Waals surface area contributed by atoms with E-state index in [1.54, 1.807) is 30.3 Å². The molecule has 0 saturated heterocycles. The summed E-state index contributed by atoms with van der Waals surface area (Å²) in [5, 5.41) is 7.15. The van der Waals surface area contributed by atoms with Gasteiger partial charge < -0.3 is 10.1 Å². The Hall–Kier alpha value is -1.52. The van der Waals surface area contributed by atoms with Crippen molar-refractivity contribution < 1.29 is 9.53 Å². The summed E-state index contributed by atoms with van der Waals surface area (Å²) in [4.78, 5) is 11.6. The van der Waals surface area contributed by atoms with Crippen LogP contribution in [0.4, 0.5) is 0 Å². The molecule has 0 saturated carbocycles. The Kier molecular flexibility index (Phi) is 4.61. The molecule has 0 bridgehead atoms. The van der Waals surface area contributed by atoms with Crippen molar-refractivity contribution in [1.29, 1.82) is 0 Å². The maximum atomic E-state index is 11.6. The van der Waals surface area contributed by atoms with Gasteiger partial charge in [-0.2, -0.15) is 11.3 Å². The summed E-state index contributed by atoms with van der Waals surface area (Å²) in [6.45, 7) is 0.898. The summed E-state index contributed by atoms with van der Waals surface area (Å²) in [5.74, 6) is 0.667. The second-order valence-electron chi connectivity index (χ2n) is 3.57. The quantitative estimate of drug-likeness (QED) is 0.855. The highest BCUT2D eigenvalue weighted by molar-refractivity contribution is 7.08. The maximum Gasteiger partial charge on any atom is 0.252 e. The van der Waals surface area contributed by atoms with E-state index in [1.165, 1.54) is 11.3 Å². The Morgan fingerprint density at radius 1 is 1.28 bits per heavy atom. The SMILES string of the molecule is O=C(NCCOc1ccc(Cl)cc1)c1ccsc1. The molecule has 0 radical (unpaired) electrons. The normalized spacial score (nSPS) is 10.1. The Balaban J connectivity index is 1.70. The first-order valence-electron chi connectivity index (χ1n) is 5.44. The van der Waals surface area contributed by atoms with Crippen molar-refractivity contribution in [2.75, 3.05) is 13.2 Å². The number of rotatable bonds is 5. The number of hydrogen-bond donors (Lipinski definition) is 1. The molecule has 1 heterocycles. The van der Waals surface area contributed by atoms with E-state index in [1.807, 2.05) is 10.8 Å². The van der Waals surface area contributed by atoms with Crippen molar-refractivity contribution in [2.24, 2.45) is 0 Å². The number of benzene rings is 1. The highest BCUT2D eigenvalue weighted by atomic mass is 35.5. The lowest BCUT2D eigenvalue weighted by molar-refractivity contribution is 0.0947. The van der Waals surface area contributed by atoms with Gasteiger partial charge in [0.25, 0.3) is 5.91 Å². The van der Waals surface area contributed by atoms with Crippen molar-refractivity contribution >= 4 is 28.8 Å². The molecule has 2 aromatic rings. The number of amides is 1. The number of carbonyl (C=O) groups is 1. The molecule has 1 aromatic heterocycles. The van der Waals surface area contributed by atoms with Gasteiger partial charge in [0.1, 0.15) is 12.4 Å². The lowest BCUT2D eigenvalue weighted by atomic mass is 10.3. The second-order valence-corrected chi connectivity index (χ2v) is 4.79. The van der Waals surface area contributed by atoms with E-state index in [0.717, 1.165) is 5.75 Å². The summed E-state index contributed by atoms with van der Waals surface area (Å²) in [5.41, 5.74) is 0.687. The summed E-state index contributed by atoms with van der Waals surface area (Å²) in [6.07, 6.45) is 0. The molecule has 0 aliphatic heterocycles. The number of nitrogens with one attached hydrogen (secondary N) is 1. The molecule has 3 nitrogen and oxygen atoms in total. The van der Waals surface area contributed by atoms with Crippen LogP contribution in [0.5, 0.6) is 5.75 Å². The van der Waals surface area contributed by atoms with E-state index in [-0.39, 0.29) is 5.91 Å². The zero-order chi connectivity index (χ0) is 12.8. The highest BCUT2D eigenvalue weighted by Gasteiger charge is 2.04. The molecule has 0 aliphatic carbocycles. The molecule has 18 heavy (non-hydrogen) atoms. The van der Waals surface area contributed by atoms with Gasteiger partial charge in [-0.05, 0) is 35.7 Å². The Morgan fingerprint density at radius 2 is 2.06 bits per heavy atom. The molecule has 94 valence electrons. The third-order valence-corrected chi connectivity index (χ3v) is 3.19. The molecule has 5 heteroatoms. The summed E-state index contributed by atoms with van der Waals surface area (Å²) in [7, 11) is 0. The molecule has 2 rings (SSSR count). The van der Waals surface area contributed by atoms with E-state index >= 15 is 0 Å². The lowest BCUT2D eigenvalue weighted by Crippen LogP contribution is -2.27. The minimum absolute atomic E-state index is 0.0732. The van der Waals surface area contributed by atoms with Gasteiger partial charge in [0.2, 0.25) is 0 Å². The largest absolute Gasteiger partial charge is 0.492 e. The minimum Gasteiger partial charge on any atom is -0.492 e. The van der Waals surface area contributed by atoms with E-state index in [4.69, 9.17) is 16.3 Å². The third-order valence-electron chi connectivity index (χ3n) is 2.25. The second kappa shape index (κ2) is 6.42. The lowest BCUT2D eigenvalue weighted by Gasteiger charge is -2.07. The zero-order valence-electron chi connectivity index (χ0n) is 9.56. The zero-order valence-corrected chi connectivity index (χ0v) is 11.1. The van der Waals surface area contributed by atoms with Gasteiger partial charge in [0.15, 0.2) is 0 Å². The molecule has 1 aromatic carbocycles. The molecule has 0 aliphatic rings. The van der Waals surface area contributed by atoms with Crippen LogP contribution in [0.2, 0.25) is 5.02 Å². The summed E-state index contributed by atoms with van der Waals surface area (Å²) >= 11 is 7.26. The van der Waals surface area contributed by atoms with Crippen molar-refractivity contribution in [3.05, 3.63) is 51.7 Å². The van der Waals surface area contributed by atoms with Gasteiger partial charge >= 0.3 is 0 Å². The maximum absolute atomic E-state index is 11.6. The van der Waals surface area contributed by atoms with Crippen LogP contribution in [-0.2, 0) is 0 Å². The summed E-state index contributed by atoms with van der Waals surface area (Å²) in [6, 6.07) is 8.91. The van der Waals surface area contributed by atoms with Crippen LogP contribution in [-0.4, -0.2) is 19.1 Å². The average molecular weight is 282 g/mol. The Labute approximate surface area is 114 Å². The van der Waals surface area contributed by atoms with Crippen molar-refractivity contribution in [3.63, 3.8) is 0 Å². The van der Waals surface area contributed by atoms with Crippen LogP contribution in [0, 0.1) is 0 Å². The molecular formula is C13H12ClNO2S. The van der Waals surface area contributed by atoms with Gasteiger partial charge in [0, 0.05) is 16.0 Å². The predicted molar refractivity (Wildman–Crippen MR) is 73.6 cm³/mol. The van der Waals surface area contributed by atoms with Crippen molar-refractivity contribution in [1.82, 2.24) is 5.32 Å². The van der Waals surface area contributed by atoms with Crippen LogP contribution in [0.1, 0.15) is 10.4 Å². The fourth-order valence-electron chi connectivity index (χ4n) is 1.36. The van der Waals surface area contributed by atoms with E-state index < -0.39 is 0 Å². The smallest absolute Gasteiger partial charge is 0.252 e. The van der Waals surface area contributed by atoms with Crippen molar-refractivity contribution in [3.8, 4) is 5.75 Å². The molecule has 0 fully saturated rings. The van der Waals surface area contributed by atoms with E-state index in [9.17, 15) is 4.79 Å². The monoisotopic (exact) mass is 281 g/mol. The fraction of sp³-hybridized carbons (Fsp3) is 0.154. The van der Waals surface area contributed by atoms with Crippen LogP contribution < -0.4 is 10.1 Å². The minimum atomic E-state index is -0.0732. The first kappa shape index (κ1) is 12.9. The first-order valence-corrected chi connectivity index (χ1v) is 6.76. The average Bonchev–Trinajstić information content (AvgIpc) is 2.90. The molecule has 1 amide bonds. The van der Waals surface area contributed by atoms with Gasteiger partial charge in [-0.1, -0.05) is 11.6 Å². The molecule has 0 atom stereocenters.